The van der Waals surface area contributed by atoms with Gasteiger partial charge in [-0.3, -0.25) is 25.0 Å². The highest BCUT2D eigenvalue weighted by molar-refractivity contribution is 5.97. The van der Waals surface area contributed by atoms with Crippen LogP contribution in [0, 0.1) is 20.2 Å². The molecule has 0 bridgehead atoms. The van der Waals surface area contributed by atoms with Crippen LogP contribution in [0.15, 0.2) is 48.5 Å². The Morgan fingerprint density at radius 2 is 1.56 bits per heavy atom. The largest absolute Gasteiger partial charge is 0.480 e. The first-order valence-corrected chi connectivity index (χ1v) is 7.79. The summed E-state index contributed by atoms with van der Waals surface area (Å²) >= 11 is 0. The first-order valence-electron chi connectivity index (χ1n) is 7.79. The fraction of sp³-hybridized carbons (Fsp3) is 0.176. The third-order valence-corrected chi connectivity index (χ3v) is 3.75. The van der Waals surface area contributed by atoms with Crippen LogP contribution in [0.2, 0.25) is 0 Å². The molecule has 10 heteroatoms. The van der Waals surface area contributed by atoms with E-state index >= 15 is 0 Å². The molecule has 0 saturated heterocycles. The summed E-state index contributed by atoms with van der Waals surface area (Å²) in [6.45, 7) is 0. The maximum atomic E-state index is 12.3. The number of nitrogens with zero attached hydrogens (tertiary/aromatic N) is 2. The second-order valence-corrected chi connectivity index (χ2v) is 5.64. The Kier molecular flexibility index (Phi) is 6.15. The molecule has 0 aliphatic carbocycles. The third kappa shape index (κ3) is 5.33. The molecule has 0 radical (unpaired) electrons. The summed E-state index contributed by atoms with van der Waals surface area (Å²) < 4.78 is 0. The van der Waals surface area contributed by atoms with E-state index in [1.807, 2.05) is 18.2 Å². The van der Waals surface area contributed by atoms with Gasteiger partial charge in [0.1, 0.15) is 6.04 Å². The molecule has 0 heterocycles. The lowest BCUT2D eigenvalue weighted by Crippen LogP contribution is -2.41. The van der Waals surface area contributed by atoms with Gasteiger partial charge in [0.15, 0.2) is 0 Å². The number of rotatable bonds is 8. The molecule has 10 nitrogen and oxygen atoms in total. The minimum atomic E-state index is -1.28. The van der Waals surface area contributed by atoms with Crippen molar-refractivity contribution in [2.45, 2.75) is 18.9 Å². The molecule has 2 N–H and O–H groups in total. The van der Waals surface area contributed by atoms with Gasteiger partial charge >= 0.3 is 5.97 Å². The Balaban J connectivity index is 2.18. The molecule has 27 heavy (non-hydrogen) atoms. The first-order chi connectivity index (χ1) is 12.8. The number of hydrogen-bond donors (Lipinski definition) is 2. The molecule has 140 valence electrons. The van der Waals surface area contributed by atoms with Crippen molar-refractivity contribution in [2.24, 2.45) is 0 Å². The number of aryl methyl sites for hydroxylation is 1. The topological polar surface area (TPSA) is 153 Å². The summed E-state index contributed by atoms with van der Waals surface area (Å²) in [7, 11) is 0. The number of nitro benzene ring substituents is 2. The van der Waals surface area contributed by atoms with Crippen LogP contribution >= 0.6 is 0 Å². The molecule has 2 aromatic rings. The van der Waals surface area contributed by atoms with Crippen LogP contribution in [-0.4, -0.2) is 32.9 Å². The average Bonchev–Trinajstić information content (AvgIpc) is 2.65. The van der Waals surface area contributed by atoms with E-state index in [4.69, 9.17) is 0 Å². The lowest BCUT2D eigenvalue weighted by molar-refractivity contribution is -0.394. The van der Waals surface area contributed by atoms with Crippen molar-refractivity contribution in [3.63, 3.8) is 0 Å². The Morgan fingerprint density at radius 1 is 1.00 bits per heavy atom. The molecule has 1 amide bonds. The smallest absolute Gasteiger partial charge is 0.326 e. The van der Waals surface area contributed by atoms with Crippen LogP contribution in [0.3, 0.4) is 0 Å². The van der Waals surface area contributed by atoms with Crippen LogP contribution in [-0.2, 0) is 11.2 Å². The molecular formula is C17H15N3O7. The third-order valence-electron chi connectivity index (χ3n) is 3.75. The zero-order valence-corrected chi connectivity index (χ0v) is 13.9. The molecule has 2 rings (SSSR count). The fourth-order valence-electron chi connectivity index (χ4n) is 2.39. The van der Waals surface area contributed by atoms with Gasteiger partial charge in [0.25, 0.3) is 17.3 Å². The molecule has 0 aliphatic heterocycles. The Bertz CT molecular complexity index is 851. The van der Waals surface area contributed by atoms with E-state index in [1.54, 1.807) is 12.1 Å². The molecular weight excluding hydrogens is 358 g/mol. The van der Waals surface area contributed by atoms with Gasteiger partial charge in [0, 0.05) is 12.1 Å². The second kappa shape index (κ2) is 8.52. The van der Waals surface area contributed by atoms with Crippen molar-refractivity contribution in [3.05, 3.63) is 79.9 Å². The lowest BCUT2D eigenvalue weighted by atomic mass is 10.0. The number of benzene rings is 2. The average molecular weight is 373 g/mol. The summed E-state index contributed by atoms with van der Waals surface area (Å²) in [4.78, 5) is 43.8. The number of nitrogens with one attached hydrogen (secondary N) is 1. The number of non-ortho nitro benzene ring substituents is 2. The van der Waals surface area contributed by atoms with Gasteiger partial charge in [-0.1, -0.05) is 30.3 Å². The van der Waals surface area contributed by atoms with Crippen molar-refractivity contribution in [1.29, 1.82) is 0 Å². The van der Waals surface area contributed by atoms with Crippen molar-refractivity contribution < 1.29 is 24.5 Å². The van der Waals surface area contributed by atoms with Crippen molar-refractivity contribution in [3.8, 4) is 0 Å². The Labute approximate surface area is 152 Å². The molecule has 0 fully saturated rings. The highest BCUT2D eigenvalue weighted by Crippen LogP contribution is 2.22. The molecule has 2 aromatic carbocycles. The fourth-order valence-corrected chi connectivity index (χ4v) is 2.39. The van der Waals surface area contributed by atoms with Crippen molar-refractivity contribution in [2.75, 3.05) is 0 Å². The van der Waals surface area contributed by atoms with Gasteiger partial charge in [0.05, 0.1) is 21.5 Å². The minimum Gasteiger partial charge on any atom is -0.480 e. The van der Waals surface area contributed by atoms with Crippen molar-refractivity contribution in [1.82, 2.24) is 5.32 Å². The number of carbonyl (C=O) groups is 2. The standard InChI is InChI=1S/C17H15N3O7/c21-16(12-8-13(19(24)25)10-14(9-12)20(26)27)18-15(17(22)23)7-6-11-4-2-1-3-5-11/h1-5,8-10,15H,6-7H2,(H,18,21)(H,22,23)/t15-/m1/s1. The van der Waals surface area contributed by atoms with E-state index in [1.165, 1.54) is 0 Å². The molecule has 0 aromatic heterocycles. The van der Waals surface area contributed by atoms with Gasteiger partial charge in [-0.25, -0.2) is 4.79 Å². The summed E-state index contributed by atoms with van der Waals surface area (Å²) in [5, 5.41) is 33.3. The van der Waals surface area contributed by atoms with E-state index in [0.717, 1.165) is 23.8 Å². The normalized spacial score (nSPS) is 11.4. The second-order valence-electron chi connectivity index (χ2n) is 5.64. The van der Waals surface area contributed by atoms with Crippen molar-refractivity contribution >= 4 is 23.3 Å². The number of aliphatic carboxylic acids is 1. The molecule has 0 aliphatic rings. The molecule has 0 spiro atoms. The van der Waals surface area contributed by atoms with Gasteiger partial charge in [-0.05, 0) is 18.4 Å². The number of amides is 1. The predicted octanol–water partition coefficient (Wildman–Crippen LogP) is 2.32. The van der Waals surface area contributed by atoms with Gasteiger partial charge < -0.3 is 10.4 Å². The van der Waals surface area contributed by atoms with Gasteiger partial charge in [-0.15, -0.1) is 0 Å². The van der Waals surface area contributed by atoms with E-state index in [2.05, 4.69) is 5.32 Å². The van der Waals surface area contributed by atoms with Crippen LogP contribution < -0.4 is 5.32 Å². The van der Waals surface area contributed by atoms with Crippen LogP contribution in [0.5, 0.6) is 0 Å². The SMILES string of the molecule is O=C(N[C@H](CCc1ccccc1)C(=O)O)c1cc([N+](=O)[O-])cc([N+](=O)[O-])c1. The maximum absolute atomic E-state index is 12.3. The number of carbonyl (C=O) groups excluding carboxylic acids is 1. The Hall–Kier alpha value is -3.82. The Morgan fingerprint density at radius 3 is 2.04 bits per heavy atom. The van der Waals surface area contributed by atoms with Crippen LogP contribution in [0.4, 0.5) is 11.4 Å². The highest BCUT2D eigenvalue weighted by atomic mass is 16.6. The van der Waals surface area contributed by atoms with E-state index < -0.39 is 39.1 Å². The van der Waals surface area contributed by atoms with Crippen LogP contribution in [0.25, 0.3) is 0 Å². The highest BCUT2D eigenvalue weighted by Gasteiger charge is 2.24. The number of nitro groups is 2. The van der Waals surface area contributed by atoms with Gasteiger partial charge in [0.2, 0.25) is 0 Å². The monoisotopic (exact) mass is 373 g/mol. The summed E-state index contributed by atoms with van der Waals surface area (Å²) in [6, 6.07) is 10.2. The predicted molar refractivity (Wildman–Crippen MR) is 93.4 cm³/mol. The number of carboxylic acids is 1. The minimum absolute atomic E-state index is 0.0854. The zero-order chi connectivity index (χ0) is 20.0. The quantitative estimate of drug-likeness (QED) is 0.532. The van der Waals surface area contributed by atoms with Gasteiger partial charge in [-0.2, -0.15) is 0 Å². The maximum Gasteiger partial charge on any atom is 0.326 e. The van der Waals surface area contributed by atoms with E-state index in [0.29, 0.717) is 6.42 Å². The molecule has 0 unspecified atom stereocenters. The summed E-state index contributed by atoms with van der Waals surface area (Å²) in [5.74, 6) is -2.22. The zero-order valence-electron chi connectivity index (χ0n) is 13.9. The van der Waals surface area contributed by atoms with Crippen LogP contribution in [0.1, 0.15) is 22.3 Å². The number of hydrogen-bond acceptors (Lipinski definition) is 6. The number of carboxylic acid groups (broad SMARTS) is 1. The summed E-state index contributed by atoms with van der Waals surface area (Å²) in [5.41, 5.74) is -0.748. The van der Waals surface area contributed by atoms with E-state index in [-0.39, 0.29) is 12.0 Å². The summed E-state index contributed by atoms with van der Waals surface area (Å²) in [6.07, 6.45) is 0.468. The molecule has 1 atom stereocenters. The molecule has 0 saturated carbocycles. The van der Waals surface area contributed by atoms with E-state index in [9.17, 15) is 34.9 Å². The first kappa shape index (κ1) is 19.5. The lowest BCUT2D eigenvalue weighted by Gasteiger charge is -2.14.